The van der Waals surface area contributed by atoms with Crippen molar-refractivity contribution in [2.24, 2.45) is 5.84 Å². The number of carbonyl (C=O) groups excluding carboxylic acids is 3. The summed E-state index contributed by atoms with van der Waals surface area (Å²) in [4.78, 5) is 39.1. The molecule has 14 nitrogen and oxygen atoms in total. The van der Waals surface area contributed by atoms with E-state index in [0.29, 0.717) is 23.0 Å². The van der Waals surface area contributed by atoms with Gasteiger partial charge in [0.1, 0.15) is 6.04 Å². The van der Waals surface area contributed by atoms with Gasteiger partial charge in [0, 0.05) is 25.5 Å². The Balaban J connectivity index is 1.41. The van der Waals surface area contributed by atoms with Crippen LogP contribution in [0.4, 0.5) is 4.79 Å². The van der Waals surface area contributed by atoms with Crippen molar-refractivity contribution in [2.45, 2.75) is 43.4 Å². The number of nitrogens with one attached hydrogen (secondary N) is 1. The Bertz CT molecular complexity index is 953. The molecule has 4 N–H and O–H groups in total. The Labute approximate surface area is 171 Å². The first kappa shape index (κ1) is 20.7. The van der Waals surface area contributed by atoms with Crippen molar-refractivity contribution in [2.75, 3.05) is 13.1 Å². The number of hydrogen-bond donors (Lipinski definition) is 3. The number of amides is 4. The number of piperidine rings is 1. The molecule has 3 saturated heterocycles. The highest BCUT2D eigenvalue weighted by Gasteiger charge is 2.50. The molecule has 3 aliphatic rings. The summed E-state index contributed by atoms with van der Waals surface area (Å²) in [6.07, 6.45) is 4.20. The van der Waals surface area contributed by atoms with Crippen LogP contribution in [-0.2, 0) is 24.3 Å². The average molecular weight is 443 g/mol. The summed E-state index contributed by atoms with van der Waals surface area (Å²) in [5.41, 5.74) is 0. The fourth-order valence-electron chi connectivity index (χ4n) is 4.13. The van der Waals surface area contributed by atoms with Gasteiger partial charge in [-0.15, -0.1) is 4.28 Å². The van der Waals surface area contributed by atoms with E-state index in [1.807, 2.05) is 0 Å². The Morgan fingerprint density at radius 3 is 2.73 bits per heavy atom. The smallest absolute Gasteiger partial charge is 0.309 e. The van der Waals surface area contributed by atoms with Gasteiger partial charge in [-0.05, 0) is 25.3 Å². The van der Waals surface area contributed by atoms with Crippen LogP contribution in [0.1, 0.15) is 25.3 Å². The third-order valence-electron chi connectivity index (χ3n) is 5.56. The lowest BCUT2D eigenvalue weighted by Crippen LogP contribution is -2.58. The first-order valence-electron chi connectivity index (χ1n) is 9.27. The van der Waals surface area contributed by atoms with Crippen LogP contribution in [0.25, 0.3) is 0 Å². The van der Waals surface area contributed by atoms with E-state index in [1.54, 1.807) is 23.1 Å². The topological polar surface area (TPSA) is 180 Å². The van der Waals surface area contributed by atoms with Crippen molar-refractivity contribution in [3.63, 3.8) is 0 Å². The van der Waals surface area contributed by atoms with Crippen molar-refractivity contribution >= 4 is 28.2 Å². The molecular formula is C15H21N7O7S. The summed E-state index contributed by atoms with van der Waals surface area (Å²) in [5, 5.41) is 8.20. The molecule has 0 saturated carbocycles. The quantitative estimate of drug-likeness (QED) is 0.152. The van der Waals surface area contributed by atoms with Gasteiger partial charge >= 0.3 is 16.4 Å². The van der Waals surface area contributed by atoms with E-state index in [9.17, 15) is 22.8 Å². The molecule has 4 atom stereocenters. The van der Waals surface area contributed by atoms with Crippen molar-refractivity contribution in [3.05, 3.63) is 18.5 Å². The standard InChI is InChI=1S/C15H21N7O7S/c16-21(13(23)11-6-10(7-17-11)20-5-1-4-18-20)14(24)12-3-2-9-8-19(12)15(25)22(9)29-30(26,27)28/h1,4-5,9-12,17H,2-3,6-8,16H2,(H,26,27,28)/t9?,10-,11+,12?/m1/s1. The Hall–Kier alpha value is -2.59. The van der Waals surface area contributed by atoms with E-state index in [1.165, 1.54) is 0 Å². The lowest BCUT2D eigenvalue weighted by Gasteiger charge is -2.31. The highest BCUT2D eigenvalue weighted by molar-refractivity contribution is 7.80. The van der Waals surface area contributed by atoms with Gasteiger partial charge in [-0.2, -0.15) is 18.6 Å². The van der Waals surface area contributed by atoms with Gasteiger partial charge in [-0.25, -0.2) is 15.6 Å². The monoisotopic (exact) mass is 443 g/mol. The van der Waals surface area contributed by atoms with Gasteiger partial charge in [-0.1, -0.05) is 0 Å². The Kier molecular flexibility index (Phi) is 5.23. The van der Waals surface area contributed by atoms with E-state index in [4.69, 9.17) is 10.4 Å². The molecule has 1 aromatic heterocycles. The van der Waals surface area contributed by atoms with Crippen LogP contribution in [0.15, 0.2) is 18.5 Å². The third-order valence-corrected chi connectivity index (χ3v) is 5.91. The highest BCUT2D eigenvalue weighted by atomic mass is 32.3. The van der Waals surface area contributed by atoms with Crippen molar-refractivity contribution in [1.82, 2.24) is 30.1 Å². The van der Waals surface area contributed by atoms with Gasteiger partial charge in [0.25, 0.3) is 11.8 Å². The maximum absolute atomic E-state index is 12.8. The zero-order valence-corrected chi connectivity index (χ0v) is 16.5. The zero-order chi connectivity index (χ0) is 21.6. The molecule has 3 fully saturated rings. The first-order chi connectivity index (χ1) is 14.2. The summed E-state index contributed by atoms with van der Waals surface area (Å²) in [5.74, 6) is 4.40. The van der Waals surface area contributed by atoms with E-state index < -0.39 is 46.4 Å². The van der Waals surface area contributed by atoms with Gasteiger partial charge in [0.2, 0.25) is 0 Å². The zero-order valence-electron chi connectivity index (χ0n) is 15.7. The SMILES string of the molecule is NN(C(=O)C1CCC2CN1C(=O)N2OS(=O)(=O)O)C(=O)[C@@H]1C[C@@H](n2cccn2)CN1. The molecule has 0 aromatic carbocycles. The number of aromatic nitrogens is 2. The number of hydroxylamine groups is 2. The minimum Gasteiger partial charge on any atom is -0.309 e. The molecule has 0 radical (unpaired) electrons. The summed E-state index contributed by atoms with van der Waals surface area (Å²) in [7, 11) is -4.89. The van der Waals surface area contributed by atoms with E-state index >= 15 is 0 Å². The van der Waals surface area contributed by atoms with Gasteiger partial charge in [-0.3, -0.25) is 18.8 Å². The summed E-state index contributed by atoms with van der Waals surface area (Å²) in [6, 6.07) is -1.55. The number of hydrogen-bond acceptors (Lipinski definition) is 9. The van der Waals surface area contributed by atoms with E-state index in [0.717, 1.165) is 4.90 Å². The average Bonchev–Trinajstić information content (AvgIpc) is 3.43. The normalized spacial score (nSPS) is 28.8. The molecule has 15 heteroatoms. The highest BCUT2D eigenvalue weighted by Crippen LogP contribution is 2.31. The number of hydrazine groups is 1. The number of nitrogens with zero attached hydrogens (tertiary/aromatic N) is 5. The molecule has 4 heterocycles. The first-order valence-corrected chi connectivity index (χ1v) is 10.6. The fourth-order valence-corrected chi connectivity index (χ4v) is 4.52. The summed E-state index contributed by atoms with van der Waals surface area (Å²) < 4.78 is 36.8. The molecule has 0 spiro atoms. The van der Waals surface area contributed by atoms with Crippen LogP contribution in [0, 0.1) is 0 Å². The van der Waals surface area contributed by atoms with Crippen molar-refractivity contribution in [1.29, 1.82) is 0 Å². The van der Waals surface area contributed by atoms with Crippen LogP contribution in [0.3, 0.4) is 0 Å². The Morgan fingerprint density at radius 2 is 2.07 bits per heavy atom. The van der Waals surface area contributed by atoms with E-state index in [2.05, 4.69) is 14.7 Å². The van der Waals surface area contributed by atoms with Crippen LogP contribution in [0.5, 0.6) is 0 Å². The minimum atomic E-state index is -4.89. The number of carbonyl (C=O) groups is 3. The number of urea groups is 1. The largest absolute Gasteiger partial charge is 0.418 e. The predicted octanol–water partition coefficient (Wildman–Crippen LogP) is -1.98. The molecule has 3 aliphatic heterocycles. The maximum Gasteiger partial charge on any atom is 0.418 e. The molecule has 1 aromatic rings. The molecule has 4 amide bonds. The number of nitrogens with two attached hydrogens (primary N) is 1. The maximum atomic E-state index is 12.8. The van der Waals surface area contributed by atoms with Crippen LogP contribution < -0.4 is 11.2 Å². The van der Waals surface area contributed by atoms with E-state index in [-0.39, 0.29) is 25.4 Å². The molecule has 164 valence electrons. The second kappa shape index (κ2) is 7.59. The van der Waals surface area contributed by atoms with Crippen LogP contribution >= 0.6 is 0 Å². The number of imide groups is 1. The van der Waals surface area contributed by atoms with Crippen molar-refractivity contribution in [3.8, 4) is 0 Å². The van der Waals surface area contributed by atoms with Gasteiger partial charge in [0.05, 0.1) is 18.1 Å². The predicted molar refractivity (Wildman–Crippen MR) is 97.1 cm³/mol. The molecule has 2 unspecified atom stereocenters. The third kappa shape index (κ3) is 3.77. The second-order valence-corrected chi connectivity index (χ2v) is 8.40. The minimum absolute atomic E-state index is 0.00976. The number of fused-ring (bicyclic) bond motifs is 2. The summed E-state index contributed by atoms with van der Waals surface area (Å²) >= 11 is 0. The Morgan fingerprint density at radius 1 is 1.30 bits per heavy atom. The lowest BCUT2D eigenvalue weighted by atomic mass is 10.00. The molecular weight excluding hydrogens is 422 g/mol. The molecule has 2 bridgehead atoms. The lowest BCUT2D eigenvalue weighted by molar-refractivity contribution is -0.149. The fraction of sp³-hybridized carbons (Fsp3) is 0.600. The van der Waals surface area contributed by atoms with Crippen molar-refractivity contribution < 1.29 is 31.6 Å². The number of rotatable bonds is 5. The molecule has 0 aliphatic carbocycles. The van der Waals surface area contributed by atoms with Gasteiger partial charge < -0.3 is 10.2 Å². The van der Waals surface area contributed by atoms with Crippen LogP contribution in [-0.4, -0.2) is 86.8 Å². The summed E-state index contributed by atoms with van der Waals surface area (Å²) in [6.45, 7) is 0.494. The molecule has 4 rings (SSSR count). The van der Waals surface area contributed by atoms with Gasteiger partial charge in [0.15, 0.2) is 0 Å². The molecule has 30 heavy (non-hydrogen) atoms. The second-order valence-electron chi connectivity index (χ2n) is 7.39. The van der Waals surface area contributed by atoms with Crippen LogP contribution in [0.2, 0.25) is 0 Å².